The van der Waals surface area contributed by atoms with Gasteiger partial charge in [0.25, 0.3) is 0 Å². The number of rotatable bonds is 0. The molecule has 1 atom stereocenters. The maximum absolute atomic E-state index is 11.9. The quantitative estimate of drug-likeness (QED) is 0.674. The third-order valence-electron chi connectivity index (χ3n) is 5.05. The van der Waals surface area contributed by atoms with Crippen LogP contribution in [0.5, 0.6) is 0 Å². The van der Waals surface area contributed by atoms with Crippen LogP contribution in [0.25, 0.3) is 0 Å². The van der Waals surface area contributed by atoms with E-state index in [2.05, 4.69) is 9.88 Å². The Morgan fingerprint density at radius 1 is 1.39 bits per heavy atom. The molecule has 1 aliphatic carbocycles. The molecule has 1 spiro atoms. The highest BCUT2D eigenvalue weighted by Gasteiger charge is 2.46. The molecular weight excluding hydrogens is 250 g/mol. The summed E-state index contributed by atoms with van der Waals surface area (Å²) in [6.45, 7) is 1.85. The molecule has 1 saturated carbocycles. The summed E-state index contributed by atoms with van der Waals surface area (Å²) >= 11 is 5.90. The second-order valence-corrected chi connectivity index (χ2v) is 6.37. The molecule has 5 heteroatoms. The fraction of sp³-hybridized carbons (Fsp3) is 0.692. The highest BCUT2D eigenvalue weighted by atomic mass is 35.5. The highest BCUT2D eigenvalue weighted by molar-refractivity contribution is 6.29. The summed E-state index contributed by atoms with van der Waals surface area (Å²) in [5.41, 5.74) is 0.388. The van der Waals surface area contributed by atoms with E-state index in [1.54, 1.807) is 4.57 Å². The van der Waals surface area contributed by atoms with Crippen molar-refractivity contribution >= 4 is 17.4 Å². The molecule has 0 N–H and O–H groups in total. The number of aromatic nitrogens is 2. The molecule has 0 amide bonds. The first-order valence-corrected chi connectivity index (χ1v) is 7.09. The normalized spacial score (nSPS) is 27.8. The smallest absolute Gasteiger partial charge is 0.350 e. The second-order valence-electron chi connectivity index (χ2n) is 5.99. The van der Waals surface area contributed by atoms with Gasteiger partial charge < -0.3 is 4.90 Å². The lowest BCUT2D eigenvalue weighted by Gasteiger charge is -2.50. The van der Waals surface area contributed by atoms with Crippen LogP contribution in [0.3, 0.4) is 0 Å². The molecule has 0 bridgehead atoms. The van der Waals surface area contributed by atoms with Gasteiger partial charge in [-0.3, -0.25) is 4.57 Å². The topological polar surface area (TPSA) is 38.1 Å². The van der Waals surface area contributed by atoms with Crippen LogP contribution in [-0.2, 0) is 6.54 Å². The molecule has 2 fully saturated rings. The summed E-state index contributed by atoms with van der Waals surface area (Å²) < 4.78 is 1.79. The molecule has 0 radical (unpaired) electrons. The van der Waals surface area contributed by atoms with Crippen LogP contribution < -0.4 is 10.6 Å². The molecule has 96 valence electrons. The average Bonchev–Trinajstić information content (AvgIpc) is 2.65. The van der Waals surface area contributed by atoms with E-state index in [9.17, 15) is 4.79 Å². The molecule has 4 nitrogen and oxygen atoms in total. The molecule has 3 aliphatic rings. The Labute approximate surface area is 111 Å². The van der Waals surface area contributed by atoms with Crippen molar-refractivity contribution in [1.29, 1.82) is 0 Å². The van der Waals surface area contributed by atoms with Crippen LogP contribution in [0.4, 0.5) is 5.82 Å². The monoisotopic (exact) mass is 265 g/mol. The lowest BCUT2D eigenvalue weighted by atomic mass is 9.61. The zero-order valence-corrected chi connectivity index (χ0v) is 11.0. The molecule has 3 heterocycles. The van der Waals surface area contributed by atoms with E-state index in [4.69, 9.17) is 11.6 Å². The van der Waals surface area contributed by atoms with Gasteiger partial charge in [0.2, 0.25) is 0 Å². The first-order valence-electron chi connectivity index (χ1n) is 6.71. The molecule has 18 heavy (non-hydrogen) atoms. The van der Waals surface area contributed by atoms with E-state index in [1.165, 1.54) is 32.1 Å². The van der Waals surface area contributed by atoms with Gasteiger partial charge in [-0.2, -0.15) is 4.98 Å². The number of hydrogen-bond acceptors (Lipinski definition) is 3. The Morgan fingerprint density at radius 2 is 2.22 bits per heavy atom. The van der Waals surface area contributed by atoms with E-state index < -0.39 is 0 Å². The SMILES string of the molecule is O=c1nc(Cl)cc2n1CC1CC3(CCC3)CCN21. The van der Waals surface area contributed by atoms with Crippen LogP contribution in [0, 0.1) is 5.41 Å². The highest BCUT2D eigenvalue weighted by Crippen LogP contribution is 2.52. The van der Waals surface area contributed by atoms with Crippen molar-refractivity contribution in [2.75, 3.05) is 11.4 Å². The number of nitrogens with zero attached hydrogens (tertiary/aromatic N) is 3. The summed E-state index contributed by atoms with van der Waals surface area (Å²) in [6, 6.07) is 2.31. The van der Waals surface area contributed by atoms with Crippen LogP contribution in [0.2, 0.25) is 5.15 Å². The van der Waals surface area contributed by atoms with Gasteiger partial charge in [-0.05, 0) is 31.1 Å². The van der Waals surface area contributed by atoms with Crippen molar-refractivity contribution < 1.29 is 0 Å². The zero-order valence-electron chi connectivity index (χ0n) is 10.2. The molecule has 1 unspecified atom stereocenters. The number of hydrogen-bond donors (Lipinski definition) is 0. The number of halogens is 1. The minimum atomic E-state index is -0.199. The van der Waals surface area contributed by atoms with Crippen molar-refractivity contribution in [2.45, 2.75) is 44.7 Å². The van der Waals surface area contributed by atoms with E-state index in [0.29, 0.717) is 16.6 Å². The van der Waals surface area contributed by atoms with Gasteiger partial charge in [-0.15, -0.1) is 0 Å². The minimum absolute atomic E-state index is 0.199. The van der Waals surface area contributed by atoms with Gasteiger partial charge >= 0.3 is 5.69 Å². The van der Waals surface area contributed by atoms with Crippen LogP contribution in [-0.4, -0.2) is 22.1 Å². The Morgan fingerprint density at radius 3 is 2.94 bits per heavy atom. The van der Waals surface area contributed by atoms with E-state index >= 15 is 0 Å². The van der Waals surface area contributed by atoms with Gasteiger partial charge in [0.15, 0.2) is 0 Å². The van der Waals surface area contributed by atoms with Crippen LogP contribution in [0.15, 0.2) is 10.9 Å². The fourth-order valence-electron chi connectivity index (χ4n) is 3.93. The Bertz CT molecular complexity index is 564. The Balaban J connectivity index is 1.71. The molecule has 4 rings (SSSR count). The lowest BCUT2D eigenvalue weighted by Crippen LogP contribution is -2.48. The maximum Gasteiger partial charge on any atom is 0.350 e. The molecular formula is C13H16ClN3O. The zero-order chi connectivity index (χ0) is 12.3. The summed E-state index contributed by atoms with van der Waals surface area (Å²) in [6.07, 6.45) is 6.62. The lowest BCUT2D eigenvalue weighted by molar-refractivity contribution is 0.0769. The minimum Gasteiger partial charge on any atom is -0.353 e. The largest absolute Gasteiger partial charge is 0.353 e. The molecule has 2 aliphatic heterocycles. The number of fused-ring (bicyclic) bond motifs is 3. The Hall–Kier alpha value is -1.03. The van der Waals surface area contributed by atoms with Crippen LogP contribution >= 0.6 is 11.6 Å². The van der Waals surface area contributed by atoms with Gasteiger partial charge in [-0.25, -0.2) is 4.79 Å². The number of anilines is 1. The van der Waals surface area contributed by atoms with Gasteiger partial charge in [0, 0.05) is 25.2 Å². The maximum atomic E-state index is 11.9. The second kappa shape index (κ2) is 3.50. The first kappa shape index (κ1) is 10.9. The Kier molecular flexibility index (Phi) is 2.11. The first-order chi connectivity index (χ1) is 8.67. The molecule has 1 aromatic rings. The van der Waals surface area contributed by atoms with Crippen LogP contribution in [0.1, 0.15) is 32.1 Å². The fourth-order valence-corrected chi connectivity index (χ4v) is 4.10. The summed E-state index contributed by atoms with van der Waals surface area (Å²) in [5, 5.41) is 0.316. The van der Waals surface area contributed by atoms with Gasteiger partial charge in [-0.1, -0.05) is 18.0 Å². The van der Waals surface area contributed by atoms with Crippen molar-refractivity contribution in [3.8, 4) is 0 Å². The van der Waals surface area contributed by atoms with Crippen molar-refractivity contribution in [1.82, 2.24) is 9.55 Å². The molecule has 1 saturated heterocycles. The van der Waals surface area contributed by atoms with Crippen molar-refractivity contribution in [3.63, 3.8) is 0 Å². The number of piperidine rings is 1. The van der Waals surface area contributed by atoms with E-state index in [-0.39, 0.29) is 5.69 Å². The summed E-state index contributed by atoms with van der Waals surface area (Å²) in [4.78, 5) is 18.0. The summed E-state index contributed by atoms with van der Waals surface area (Å²) in [5.74, 6) is 0.971. The van der Waals surface area contributed by atoms with E-state index in [1.807, 2.05) is 6.07 Å². The molecule has 0 aromatic carbocycles. The van der Waals surface area contributed by atoms with Crippen molar-refractivity contribution in [2.24, 2.45) is 5.41 Å². The predicted octanol–water partition coefficient (Wildman–Crippen LogP) is 2.05. The third kappa shape index (κ3) is 1.38. The standard InChI is InChI=1S/C13H16ClN3O/c14-10-6-11-16-5-4-13(2-1-3-13)7-9(16)8-17(11)12(18)15-10/h6,9H,1-5,7-8H2. The summed E-state index contributed by atoms with van der Waals surface area (Å²) in [7, 11) is 0. The predicted molar refractivity (Wildman–Crippen MR) is 70.2 cm³/mol. The average molecular weight is 266 g/mol. The van der Waals surface area contributed by atoms with Gasteiger partial charge in [0.1, 0.15) is 11.0 Å². The van der Waals surface area contributed by atoms with E-state index in [0.717, 1.165) is 18.9 Å². The van der Waals surface area contributed by atoms with Gasteiger partial charge in [0.05, 0.1) is 0 Å². The van der Waals surface area contributed by atoms with Crippen molar-refractivity contribution in [3.05, 3.63) is 21.7 Å². The molecule has 1 aromatic heterocycles. The third-order valence-corrected chi connectivity index (χ3v) is 5.25.